The maximum atomic E-state index is 14.3. The highest BCUT2D eigenvalue weighted by Gasteiger charge is 2.46. The Balaban J connectivity index is 0.739. The van der Waals surface area contributed by atoms with E-state index in [4.69, 9.17) is 0 Å². The number of benzene rings is 2. The van der Waals surface area contributed by atoms with Crippen molar-refractivity contribution in [1.29, 1.82) is 0 Å². The molecule has 2 aromatic carbocycles. The van der Waals surface area contributed by atoms with Gasteiger partial charge in [-0.1, -0.05) is 102 Å². The molecule has 0 spiro atoms. The molecule has 23 heteroatoms. The van der Waals surface area contributed by atoms with Gasteiger partial charge in [-0.15, -0.1) is 15.3 Å². The first-order chi connectivity index (χ1) is 39.4. The summed E-state index contributed by atoms with van der Waals surface area (Å²) in [6.45, 7) is 5.42. The zero-order valence-electron chi connectivity index (χ0n) is 47.3. The van der Waals surface area contributed by atoms with Crippen molar-refractivity contribution in [3.05, 3.63) is 107 Å². The van der Waals surface area contributed by atoms with Crippen molar-refractivity contribution in [3.63, 3.8) is 0 Å². The largest absolute Gasteiger partial charge is 0.343 e. The van der Waals surface area contributed by atoms with Crippen LogP contribution in [0.2, 0.25) is 0 Å². The van der Waals surface area contributed by atoms with Crippen molar-refractivity contribution >= 4 is 35.4 Å². The van der Waals surface area contributed by atoms with Gasteiger partial charge in [0.25, 0.3) is 0 Å². The minimum Gasteiger partial charge on any atom is -0.343 e. The predicted molar refractivity (Wildman–Crippen MR) is 300 cm³/mol. The molecule has 23 nitrogen and oxygen atoms in total. The number of hydrogen-bond acceptors (Lipinski definition) is 14. The maximum Gasteiger partial charge on any atom is 0.246 e. The van der Waals surface area contributed by atoms with Crippen LogP contribution in [0.15, 0.2) is 79.3 Å². The third-order valence-electron chi connectivity index (χ3n) is 16.8. The van der Waals surface area contributed by atoms with Crippen molar-refractivity contribution in [2.75, 3.05) is 14.1 Å². The van der Waals surface area contributed by atoms with Gasteiger partial charge in [0.15, 0.2) is 0 Å². The monoisotopic (exact) mass is 1110 g/mol. The molecule has 4 aliphatic heterocycles. The summed E-state index contributed by atoms with van der Waals surface area (Å²) in [6.07, 6.45) is 18.5. The molecule has 434 valence electrons. The van der Waals surface area contributed by atoms with Crippen LogP contribution < -0.4 is 31.9 Å². The van der Waals surface area contributed by atoms with Crippen molar-refractivity contribution < 1.29 is 28.8 Å². The summed E-state index contributed by atoms with van der Waals surface area (Å²) in [4.78, 5) is 86.0. The zero-order chi connectivity index (χ0) is 56.8. The SMILES string of the molecule is CN[C@@H](C)C(=O)N[C@H]1CCCC[C@H]2CCC(C(=O)N[C@@H](c3ccccc3)c3cn(CCCCc4cn(CCCCn5cc([C@@H](NC(=O)[C@@H]6CC[C@@H]7CCCC[C@H](NC(=O)[C@H](C)NC)C(=O)N76)c6ccccc6)nn5)nn4)nn3)N2C1=O. The van der Waals surface area contributed by atoms with Crippen LogP contribution in [0.1, 0.15) is 157 Å². The summed E-state index contributed by atoms with van der Waals surface area (Å²) in [5, 5.41) is 45.0. The van der Waals surface area contributed by atoms with Gasteiger partial charge in [0.05, 0.1) is 42.3 Å². The Bertz CT molecular complexity index is 2700. The van der Waals surface area contributed by atoms with Gasteiger partial charge in [0, 0.05) is 37.9 Å². The molecule has 9 rings (SSSR count). The number of unbranched alkanes of at least 4 members (excludes halogenated alkanes) is 2. The first-order valence-electron chi connectivity index (χ1n) is 29.4. The fraction of sp³-hybridized carbons (Fsp3) is 0.586. The van der Waals surface area contributed by atoms with Crippen LogP contribution in [0.4, 0.5) is 0 Å². The van der Waals surface area contributed by atoms with Crippen LogP contribution in [0, 0.1) is 0 Å². The maximum absolute atomic E-state index is 14.3. The van der Waals surface area contributed by atoms with E-state index in [2.05, 4.69) is 62.8 Å². The van der Waals surface area contributed by atoms with Gasteiger partial charge in [-0.05, 0) is 123 Å². The van der Waals surface area contributed by atoms with Crippen LogP contribution in [0.5, 0.6) is 0 Å². The Morgan fingerprint density at radius 3 is 1.37 bits per heavy atom. The second kappa shape index (κ2) is 27.9. The summed E-state index contributed by atoms with van der Waals surface area (Å²) in [6, 6.07) is 14.4. The molecule has 4 aliphatic rings. The van der Waals surface area contributed by atoms with Crippen molar-refractivity contribution in [2.45, 2.75) is 203 Å². The molecule has 3 aromatic heterocycles. The number of nitrogens with one attached hydrogen (secondary N) is 6. The smallest absolute Gasteiger partial charge is 0.246 e. The van der Waals surface area contributed by atoms with Gasteiger partial charge in [-0.2, -0.15) is 0 Å². The molecule has 4 fully saturated rings. The van der Waals surface area contributed by atoms with E-state index in [9.17, 15) is 28.8 Å². The van der Waals surface area contributed by atoms with E-state index >= 15 is 0 Å². The number of carbonyl (C=O) groups excluding carboxylic acids is 6. The Kier molecular flexibility index (Phi) is 20.0. The molecule has 0 aliphatic carbocycles. The molecule has 5 aromatic rings. The lowest BCUT2D eigenvalue weighted by atomic mass is 9.98. The number of nitrogens with zero attached hydrogens (tertiary/aromatic N) is 11. The fourth-order valence-corrected chi connectivity index (χ4v) is 11.9. The molecule has 81 heavy (non-hydrogen) atoms. The predicted octanol–water partition coefficient (Wildman–Crippen LogP) is 3.43. The minimum atomic E-state index is -0.685. The summed E-state index contributed by atoms with van der Waals surface area (Å²) < 4.78 is 5.46. The number of aryl methyl sites for hydroxylation is 4. The highest BCUT2D eigenvalue weighted by atomic mass is 16.2. The van der Waals surface area contributed by atoms with Crippen LogP contribution in [-0.4, -0.2) is 153 Å². The number of aromatic nitrogens is 9. The average Bonchev–Trinajstić information content (AvgIpc) is 4.51. The number of likely N-dealkylation sites (N-methyl/N-ethyl adjacent to an activating group) is 2. The Labute approximate surface area is 473 Å². The Hall–Kier alpha value is -7.40. The average molecular weight is 1110 g/mol. The lowest BCUT2D eigenvalue weighted by Crippen LogP contribution is -2.58. The summed E-state index contributed by atoms with van der Waals surface area (Å²) in [5.41, 5.74) is 3.80. The third-order valence-corrected chi connectivity index (χ3v) is 16.8. The second-order valence-electron chi connectivity index (χ2n) is 22.4. The first-order valence-corrected chi connectivity index (χ1v) is 29.4. The van der Waals surface area contributed by atoms with E-state index in [-0.39, 0.29) is 47.5 Å². The Morgan fingerprint density at radius 2 is 0.926 bits per heavy atom. The highest BCUT2D eigenvalue weighted by molar-refractivity contribution is 5.95. The number of fused-ring (bicyclic) bond motifs is 2. The van der Waals surface area contributed by atoms with Crippen LogP contribution in [-0.2, 0) is 54.8 Å². The molecule has 1 unspecified atom stereocenters. The normalized spacial score (nSPS) is 22.7. The van der Waals surface area contributed by atoms with Gasteiger partial charge in [-0.25, -0.2) is 0 Å². The molecule has 4 saturated heterocycles. The molecule has 0 radical (unpaired) electrons. The van der Waals surface area contributed by atoms with Gasteiger partial charge < -0.3 is 41.7 Å². The molecule has 0 saturated carbocycles. The lowest BCUT2D eigenvalue weighted by Gasteiger charge is -2.36. The lowest BCUT2D eigenvalue weighted by molar-refractivity contribution is -0.144. The van der Waals surface area contributed by atoms with Crippen molar-refractivity contribution in [2.24, 2.45) is 0 Å². The van der Waals surface area contributed by atoms with Gasteiger partial charge >= 0.3 is 0 Å². The molecular formula is C58H81N17O6. The van der Waals surface area contributed by atoms with Crippen LogP contribution in [0.25, 0.3) is 0 Å². The number of carbonyl (C=O) groups is 6. The molecule has 6 amide bonds. The van der Waals surface area contributed by atoms with Gasteiger partial charge in [-0.3, -0.25) is 42.8 Å². The molecular weight excluding hydrogens is 1030 g/mol. The van der Waals surface area contributed by atoms with E-state index in [0.717, 1.165) is 100 Å². The van der Waals surface area contributed by atoms with E-state index < -0.39 is 48.3 Å². The quantitative estimate of drug-likeness (QED) is 0.0484. The van der Waals surface area contributed by atoms with Crippen LogP contribution in [0.3, 0.4) is 0 Å². The molecule has 6 N–H and O–H groups in total. The highest BCUT2D eigenvalue weighted by Crippen LogP contribution is 2.34. The van der Waals surface area contributed by atoms with E-state index in [1.54, 1.807) is 47.1 Å². The van der Waals surface area contributed by atoms with E-state index in [1.165, 1.54) is 0 Å². The molecule has 7 heterocycles. The number of amides is 6. The third kappa shape index (κ3) is 14.6. The Morgan fingerprint density at radius 1 is 0.519 bits per heavy atom. The first kappa shape index (κ1) is 58.3. The van der Waals surface area contributed by atoms with E-state index in [0.29, 0.717) is 56.7 Å². The fourth-order valence-electron chi connectivity index (χ4n) is 11.9. The van der Waals surface area contributed by atoms with Gasteiger partial charge in [0.2, 0.25) is 35.4 Å². The minimum absolute atomic E-state index is 0.0587. The molecule has 10 atom stereocenters. The topological polar surface area (TPSA) is 273 Å². The number of rotatable bonds is 24. The van der Waals surface area contributed by atoms with Crippen LogP contribution >= 0.6 is 0 Å². The summed E-state index contributed by atoms with van der Waals surface area (Å²) >= 11 is 0. The standard InChI is InChI=1S/C58H81N17O6/c1-38(59-3)53(76)61-45-26-13-11-24-43-28-30-49(74(43)57(45)80)55(78)63-51(40-19-7-5-8-20-40)47-36-72(69-66-47)32-16-15-23-42-35-71(68-65-42)33-17-18-34-73-37-48(67-70-73)52(41-21-9-6-10-22-41)64-56(79)50-31-29-44-25-12-14-27-46(58(81)75(44)50)62-54(77)39(2)60-4/h5-10,19-22,35-39,43-46,49-52,59-60H,11-18,23-34H2,1-4H3,(H,61,76)(H,62,77)(H,63,78)(H,64,79)/t38-,39-,43-,44-,45-,46-,49?,50-,51-,52-/m0/s1. The van der Waals surface area contributed by atoms with Crippen molar-refractivity contribution in [3.8, 4) is 0 Å². The summed E-state index contributed by atoms with van der Waals surface area (Å²) in [5.74, 6) is -1.38. The van der Waals surface area contributed by atoms with Gasteiger partial charge in [0.1, 0.15) is 35.6 Å². The number of hydrogen-bond donors (Lipinski definition) is 6. The molecule has 0 bridgehead atoms. The van der Waals surface area contributed by atoms with E-state index in [1.807, 2.05) is 83.9 Å². The van der Waals surface area contributed by atoms with Crippen molar-refractivity contribution in [1.82, 2.24) is 86.7 Å². The zero-order valence-corrected chi connectivity index (χ0v) is 47.3. The summed E-state index contributed by atoms with van der Waals surface area (Å²) in [7, 11) is 3.41. The second-order valence-corrected chi connectivity index (χ2v) is 22.4.